The molecule has 15 heavy (non-hydrogen) atoms. The molecular formula is C12H15NO2. The van der Waals surface area contributed by atoms with Gasteiger partial charge in [0.2, 0.25) is 0 Å². The Balaban J connectivity index is 2.46. The topological polar surface area (TPSA) is 38.3 Å². The van der Waals surface area contributed by atoms with Gasteiger partial charge in [-0.05, 0) is 19.4 Å². The van der Waals surface area contributed by atoms with Crippen LogP contribution in [0.25, 0.3) is 0 Å². The molecule has 0 unspecified atom stereocenters. The van der Waals surface area contributed by atoms with Crippen LogP contribution in [0, 0.1) is 0 Å². The highest BCUT2D eigenvalue weighted by Crippen LogP contribution is 2.09. The van der Waals surface area contributed by atoms with Gasteiger partial charge in [-0.2, -0.15) is 0 Å². The molecule has 0 bridgehead atoms. The van der Waals surface area contributed by atoms with Crippen molar-refractivity contribution in [1.82, 2.24) is 5.32 Å². The van der Waals surface area contributed by atoms with Gasteiger partial charge >= 0.3 is 6.09 Å². The molecule has 1 amide bonds. The zero-order valence-corrected chi connectivity index (χ0v) is 8.82. The van der Waals surface area contributed by atoms with Gasteiger partial charge in [-0.3, -0.25) is 5.32 Å². The normalized spacial score (nSPS) is 14.7. The lowest BCUT2D eigenvalue weighted by molar-refractivity contribution is 0.161. The third kappa shape index (κ3) is 4.31. The van der Waals surface area contributed by atoms with E-state index < -0.39 is 6.09 Å². The average molecular weight is 205 g/mol. The van der Waals surface area contributed by atoms with Gasteiger partial charge in [-0.15, -0.1) is 0 Å². The highest BCUT2D eigenvalue weighted by Gasteiger charge is 2.03. The number of nitrogens with one attached hydrogen (secondary N) is 1. The summed E-state index contributed by atoms with van der Waals surface area (Å²) in [6.07, 6.45) is 9.62. The monoisotopic (exact) mass is 205 g/mol. The van der Waals surface area contributed by atoms with Crippen molar-refractivity contribution >= 4 is 6.09 Å². The number of rotatable bonds is 3. The molecule has 0 aromatic carbocycles. The maximum absolute atomic E-state index is 11.2. The van der Waals surface area contributed by atoms with Crippen molar-refractivity contribution in [2.75, 3.05) is 6.61 Å². The molecule has 3 nitrogen and oxygen atoms in total. The summed E-state index contributed by atoms with van der Waals surface area (Å²) in [7, 11) is 0. The van der Waals surface area contributed by atoms with Crippen LogP contribution in [-0.2, 0) is 4.74 Å². The number of alkyl carbamates (subject to hydrolysis) is 1. The first-order valence-electron chi connectivity index (χ1n) is 4.81. The molecule has 1 aliphatic carbocycles. The van der Waals surface area contributed by atoms with Crippen LogP contribution in [0.15, 0.2) is 48.2 Å². The SMILES string of the molecule is C=CCOC(=O)NC1=CCC(C)=CC=C1. The highest BCUT2D eigenvalue weighted by atomic mass is 16.5. The summed E-state index contributed by atoms with van der Waals surface area (Å²) in [4.78, 5) is 11.2. The van der Waals surface area contributed by atoms with Crippen molar-refractivity contribution < 1.29 is 9.53 Å². The maximum Gasteiger partial charge on any atom is 0.411 e. The van der Waals surface area contributed by atoms with Crippen LogP contribution >= 0.6 is 0 Å². The number of hydrogen-bond donors (Lipinski definition) is 1. The number of carbonyl (C=O) groups excluding carboxylic acids is 1. The quantitative estimate of drug-likeness (QED) is 0.719. The Hall–Kier alpha value is -1.77. The molecule has 0 aromatic rings. The van der Waals surface area contributed by atoms with E-state index in [2.05, 4.69) is 11.9 Å². The molecule has 0 saturated heterocycles. The molecule has 0 fully saturated rings. The summed E-state index contributed by atoms with van der Waals surface area (Å²) in [5, 5.41) is 2.65. The fourth-order valence-corrected chi connectivity index (χ4v) is 1.10. The minimum Gasteiger partial charge on any atom is -0.445 e. The van der Waals surface area contributed by atoms with Crippen LogP contribution in [-0.4, -0.2) is 12.7 Å². The molecule has 0 aromatic heterocycles. The first-order chi connectivity index (χ1) is 7.22. The number of ether oxygens (including phenoxy) is 1. The van der Waals surface area contributed by atoms with Gasteiger partial charge in [0.1, 0.15) is 6.61 Å². The molecule has 80 valence electrons. The van der Waals surface area contributed by atoms with E-state index in [1.165, 1.54) is 11.6 Å². The van der Waals surface area contributed by atoms with Gasteiger partial charge in [-0.1, -0.05) is 36.5 Å². The van der Waals surface area contributed by atoms with Gasteiger partial charge in [0.15, 0.2) is 0 Å². The highest BCUT2D eigenvalue weighted by molar-refractivity contribution is 5.70. The number of carbonyl (C=O) groups is 1. The predicted octanol–water partition coefficient (Wildman–Crippen LogP) is 2.69. The molecule has 0 atom stereocenters. The number of allylic oxidation sites excluding steroid dienone is 5. The molecule has 0 aliphatic heterocycles. The van der Waals surface area contributed by atoms with Crippen molar-refractivity contribution in [2.45, 2.75) is 13.3 Å². The minimum atomic E-state index is -0.453. The van der Waals surface area contributed by atoms with Crippen LogP contribution in [0.3, 0.4) is 0 Å². The summed E-state index contributed by atoms with van der Waals surface area (Å²) in [5.41, 5.74) is 2.01. The van der Waals surface area contributed by atoms with Gasteiger partial charge in [-0.25, -0.2) is 4.79 Å². The van der Waals surface area contributed by atoms with E-state index in [-0.39, 0.29) is 6.61 Å². The summed E-state index contributed by atoms with van der Waals surface area (Å²) in [5.74, 6) is 0. The minimum absolute atomic E-state index is 0.222. The zero-order chi connectivity index (χ0) is 11.1. The molecule has 1 N–H and O–H groups in total. The van der Waals surface area contributed by atoms with E-state index in [1.807, 2.05) is 31.2 Å². The lowest BCUT2D eigenvalue weighted by Crippen LogP contribution is -2.22. The average Bonchev–Trinajstić information content (AvgIpc) is 2.41. The van der Waals surface area contributed by atoms with Crippen LogP contribution in [0.2, 0.25) is 0 Å². The second-order valence-corrected chi connectivity index (χ2v) is 3.25. The smallest absolute Gasteiger partial charge is 0.411 e. The van der Waals surface area contributed by atoms with Crippen LogP contribution in [0.4, 0.5) is 4.79 Å². The molecule has 0 heterocycles. The molecule has 0 radical (unpaired) electrons. The fourth-order valence-electron chi connectivity index (χ4n) is 1.10. The second kappa shape index (κ2) is 5.86. The van der Waals surface area contributed by atoms with Crippen LogP contribution in [0.5, 0.6) is 0 Å². The lowest BCUT2D eigenvalue weighted by atomic mass is 10.2. The van der Waals surface area contributed by atoms with E-state index in [9.17, 15) is 4.79 Å². The predicted molar refractivity (Wildman–Crippen MR) is 60.3 cm³/mol. The summed E-state index contributed by atoms with van der Waals surface area (Å²) in [6, 6.07) is 0. The first-order valence-corrected chi connectivity index (χ1v) is 4.81. The van der Waals surface area contributed by atoms with Crippen molar-refractivity contribution in [3.8, 4) is 0 Å². The van der Waals surface area contributed by atoms with Crippen LogP contribution in [0.1, 0.15) is 13.3 Å². The standard InChI is InChI=1S/C12H15NO2/c1-3-9-15-12(14)13-11-6-4-5-10(2)7-8-11/h3-6,8H,1,7,9H2,2H3,(H,13,14). The third-order valence-electron chi connectivity index (χ3n) is 1.88. The summed E-state index contributed by atoms with van der Waals surface area (Å²) >= 11 is 0. The van der Waals surface area contributed by atoms with E-state index in [4.69, 9.17) is 4.74 Å². The second-order valence-electron chi connectivity index (χ2n) is 3.25. The Labute approximate surface area is 89.8 Å². The molecular weight excluding hydrogens is 190 g/mol. The third-order valence-corrected chi connectivity index (χ3v) is 1.88. The molecule has 1 aliphatic rings. The first kappa shape index (κ1) is 11.3. The van der Waals surface area contributed by atoms with Gasteiger partial charge < -0.3 is 4.74 Å². The van der Waals surface area contributed by atoms with Crippen molar-refractivity contribution in [1.29, 1.82) is 0 Å². The van der Waals surface area contributed by atoms with E-state index >= 15 is 0 Å². The molecule has 0 spiro atoms. The van der Waals surface area contributed by atoms with Crippen LogP contribution < -0.4 is 5.32 Å². The van der Waals surface area contributed by atoms with Crippen molar-refractivity contribution in [2.24, 2.45) is 0 Å². The summed E-state index contributed by atoms with van der Waals surface area (Å²) < 4.78 is 4.80. The molecule has 0 saturated carbocycles. The lowest BCUT2D eigenvalue weighted by Gasteiger charge is -2.05. The van der Waals surface area contributed by atoms with E-state index in [1.54, 1.807) is 0 Å². The Morgan fingerprint density at radius 1 is 1.73 bits per heavy atom. The Kier molecular flexibility index (Phi) is 4.41. The zero-order valence-electron chi connectivity index (χ0n) is 8.82. The van der Waals surface area contributed by atoms with Gasteiger partial charge in [0.25, 0.3) is 0 Å². The number of amides is 1. The van der Waals surface area contributed by atoms with Gasteiger partial charge in [0.05, 0.1) is 0 Å². The van der Waals surface area contributed by atoms with E-state index in [0.29, 0.717) is 0 Å². The largest absolute Gasteiger partial charge is 0.445 e. The summed E-state index contributed by atoms with van der Waals surface area (Å²) in [6.45, 7) is 5.73. The fraction of sp³-hybridized carbons (Fsp3) is 0.250. The van der Waals surface area contributed by atoms with Crippen molar-refractivity contribution in [3.05, 3.63) is 48.2 Å². The van der Waals surface area contributed by atoms with Gasteiger partial charge in [0, 0.05) is 5.70 Å². The van der Waals surface area contributed by atoms with Crippen molar-refractivity contribution in [3.63, 3.8) is 0 Å². The van der Waals surface area contributed by atoms with E-state index in [0.717, 1.165) is 12.1 Å². The Bertz CT molecular complexity index is 338. The molecule has 3 heteroatoms. The number of hydrogen-bond acceptors (Lipinski definition) is 2. The Morgan fingerprint density at radius 3 is 3.27 bits per heavy atom. The maximum atomic E-state index is 11.2. The Morgan fingerprint density at radius 2 is 2.53 bits per heavy atom. The molecule has 1 rings (SSSR count).